The van der Waals surface area contributed by atoms with Crippen molar-refractivity contribution < 1.29 is 48.4 Å². The van der Waals surface area contributed by atoms with E-state index in [9.17, 15) is 34.2 Å². The Hall–Kier alpha value is -3.67. The molecule has 0 saturated heterocycles. The lowest BCUT2D eigenvalue weighted by Gasteiger charge is -2.23. The summed E-state index contributed by atoms with van der Waals surface area (Å²) in [5, 5.41) is 23.9. The zero-order valence-electron chi connectivity index (χ0n) is 19.0. The van der Waals surface area contributed by atoms with Crippen LogP contribution in [0.25, 0.3) is 0 Å². The minimum atomic E-state index is -1.80. The largest absolute Gasteiger partial charge is 0.480 e. The van der Waals surface area contributed by atoms with Gasteiger partial charge < -0.3 is 35.1 Å². The van der Waals surface area contributed by atoms with Crippen LogP contribution < -0.4 is 10.6 Å². The molecule has 0 aliphatic heterocycles. The monoisotopic (exact) mass is 482 g/mol. The molecule has 0 bridgehead atoms. The normalized spacial score (nSPS) is 13.0. The van der Waals surface area contributed by atoms with E-state index in [-0.39, 0.29) is 26.4 Å². The lowest BCUT2D eigenvalue weighted by molar-refractivity contribution is -0.160. The minimum absolute atomic E-state index is 0.0132. The molecule has 3 atom stereocenters. The number of carbonyl (C=O) groups is 5. The van der Waals surface area contributed by atoms with Crippen molar-refractivity contribution in [2.75, 3.05) is 19.8 Å². The smallest absolute Gasteiger partial charge is 0.407 e. The zero-order chi connectivity index (χ0) is 25.5. The van der Waals surface area contributed by atoms with Crippen molar-refractivity contribution in [3.63, 3.8) is 0 Å². The van der Waals surface area contributed by atoms with Gasteiger partial charge in [0.25, 0.3) is 0 Å². The molecule has 1 aromatic carbocycles. The Balaban J connectivity index is 2.62. The number of carbonyl (C=O) groups excluding carboxylic acids is 4. The average molecular weight is 482 g/mol. The van der Waals surface area contributed by atoms with E-state index in [1.165, 1.54) is 6.92 Å². The molecule has 0 unspecified atom stereocenters. The molecular weight excluding hydrogens is 452 g/mol. The first-order chi connectivity index (χ1) is 16.2. The Morgan fingerprint density at radius 2 is 1.59 bits per heavy atom. The predicted octanol–water partition coefficient (Wildman–Crippen LogP) is 0.366. The van der Waals surface area contributed by atoms with Crippen LogP contribution in [0.3, 0.4) is 0 Å². The number of carboxylic acid groups (broad SMARTS) is 1. The molecule has 0 fully saturated rings. The molecule has 0 aromatic heterocycles. The Morgan fingerprint density at radius 3 is 2.18 bits per heavy atom. The number of esters is 2. The summed E-state index contributed by atoms with van der Waals surface area (Å²) in [4.78, 5) is 59.8. The van der Waals surface area contributed by atoms with Gasteiger partial charge in [0.05, 0.1) is 38.1 Å². The van der Waals surface area contributed by atoms with Gasteiger partial charge >= 0.3 is 24.0 Å². The quantitative estimate of drug-likeness (QED) is 0.214. The van der Waals surface area contributed by atoms with Gasteiger partial charge in [-0.05, 0) is 19.4 Å². The molecule has 0 heterocycles. The van der Waals surface area contributed by atoms with Crippen LogP contribution in [0.1, 0.15) is 32.3 Å². The first-order valence-electron chi connectivity index (χ1n) is 10.6. The second-order valence-corrected chi connectivity index (χ2v) is 7.05. The SMILES string of the molecule is CCOC(=O)C[C@@H](C(=O)OCC)[C@@H](NC(=O)C[C@@H](O)CNC(=O)OCc1ccccc1)C(=O)O. The van der Waals surface area contributed by atoms with Crippen LogP contribution in [0.4, 0.5) is 4.79 Å². The summed E-state index contributed by atoms with van der Waals surface area (Å²) in [7, 11) is 0. The number of aliphatic carboxylic acids is 1. The van der Waals surface area contributed by atoms with Crippen molar-refractivity contribution in [2.45, 2.75) is 45.4 Å². The molecule has 4 N–H and O–H groups in total. The Labute approximate surface area is 196 Å². The molecule has 1 rings (SSSR count). The lowest BCUT2D eigenvalue weighted by Crippen LogP contribution is -2.50. The van der Waals surface area contributed by atoms with Crippen molar-refractivity contribution in [3.05, 3.63) is 35.9 Å². The summed E-state index contributed by atoms with van der Waals surface area (Å²) in [5.41, 5.74) is 0.760. The molecular formula is C22H30N2O10. The molecule has 1 aromatic rings. The predicted molar refractivity (Wildman–Crippen MR) is 116 cm³/mol. The molecule has 0 radical (unpaired) electrons. The molecule has 34 heavy (non-hydrogen) atoms. The average Bonchev–Trinajstić information content (AvgIpc) is 2.79. The highest BCUT2D eigenvalue weighted by molar-refractivity contribution is 5.90. The van der Waals surface area contributed by atoms with E-state index < -0.39 is 60.8 Å². The zero-order valence-corrected chi connectivity index (χ0v) is 19.0. The summed E-state index contributed by atoms with van der Waals surface area (Å²) in [6.45, 7) is 2.67. The molecule has 12 heteroatoms. The van der Waals surface area contributed by atoms with E-state index >= 15 is 0 Å². The summed E-state index contributed by atoms with van der Waals surface area (Å²) in [5.74, 6) is -5.86. The molecule has 12 nitrogen and oxygen atoms in total. The minimum Gasteiger partial charge on any atom is -0.480 e. The number of amides is 2. The van der Waals surface area contributed by atoms with Gasteiger partial charge in [0.1, 0.15) is 12.6 Å². The third kappa shape index (κ3) is 10.8. The molecule has 0 spiro atoms. The third-order valence-electron chi connectivity index (χ3n) is 4.38. The van der Waals surface area contributed by atoms with Crippen LogP contribution in [0.2, 0.25) is 0 Å². The van der Waals surface area contributed by atoms with Crippen LogP contribution in [-0.2, 0) is 40.0 Å². The topological polar surface area (TPSA) is 178 Å². The number of rotatable bonds is 14. The molecule has 0 aliphatic carbocycles. The lowest BCUT2D eigenvalue weighted by atomic mass is 9.95. The fourth-order valence-electron chi connectivity index (χ4n) is 2.81. The van der Waals surface area contributed by atoms with Crippen molar-refractivity contribution in [3.8, 4) is 0 Å². The van der Waals surface area contributed by atoms with Gasteiger partial charge in [0.15, 0.2) is 0 Å². The summed E-state index contributed by atoms with van der Waals surface area (Å²) < 4.78 is 14.6. The number of aliphatic hydroxyl groups excluding tert-OH is 1. The van der Waals surface area contributed by atoms with Crippen molar-refractivity contribution >= 4 is 29.9 Å². The van der Waals surface area contributed by atoms with Crippen molar-refractivity contribution in [2.24, 2.45) is 5.92 Å². The number of hydrogen-bond donors (Lipinski definition) is 4. The third-order valence-corrected chi connectivity index (χ3v) is 4.38. The fraction of sp³-hybridized carbons (Fsp3) is 0.500. The van der Waals surface area contributed by atoms with Gasteiger partial charge in [-0.25, -0.2) is 9.59 Å². The maximum atomic E-state index is 12.3. The number of alkyl carbamates (subject to hydrolysis) is 1. The number of carboxylic acids is 1. The second-order valence-electron chi connectivity index (χ2n) is 7.05. The maximum absolute atomic E-state index is 12.3. The number of nitrogens with one attached hydrogen (secondary N) is 2. The van der Waals surface area contributed by atoms with E-state index in [0.29, 0.717) is 0 Å². The number of aliphatic hydroxyl groups is 1. The summed E-state index contributed by atoms with van der Waals surface area (Å²) in [6, 6.07) is 7.09. The van der Waals surface area contributed by atoms with E-state index in [1.54, 1.807) is 31.2 Å². The van der Waals surface area contributed by atoms with Gasteiger partial charge in [0, 0.05) is 6.54 Å². The van der Waals surface area contributed by atoms with Gasteiger partial charge in [-0.3, -0.25) is 14.4 Å². The van der Waals surface area contributed by atoms with E-state index in [2.05, 4.69) is 10.6 Å². The van der Waals surface area contributed by atoms with Crippen molar-refractivity contribution in [1.29, 1.82) is 0 Å². The molecule has 2 amide bonds. The van der Waals surface area contributed by atoms with Crippen LogP contribution in [-0.4, -0.2) is 72.0 Å². The maximum Gasteiger partial charge on any atom is 0.407 e. The van der Waals surface area contributed by atoms with Crippen LogP contribution >= 0.6 is 0 Å². The summed E-state index contributed by atoms with van der Waals surface area (Å²) >= 11 is 0. The van der Waals surface area contributed by atoms with Gasteiger partial charge in [0.2, 0.25) is 5.91 Å². The van der Waals surface area contributed by atoms with E-state index in [4.69, 9.17) is 14.2 Å². The van der Waals surface area contributed by atoms with E-state index in [0.717, 1.165) is 5.56 Å². The van der Waals surface area contributed by atoms with Gasteiger partial charge in [-0.1, -0.05) is 30.3 Å². The van der Waals surface area contributed by atoms with Crippen LogP contribution in [0, 0.1) is 5.92 Å². The molecule has 0 saturated carbocycles. The van der Waals surface area contributed by atoms with Crippen LogP contribution in [0.5, 0.6) is 0 Å². The highest BCUT2D eigenvalue weighted by Crippen LogP contribution is 2.14. The first-order valence-corrected chi connectivity index (χ1v) is 10.6. The highest BCUT2D eigenvalue weighted by Gasteiger charge is 2.38. The number of ether oxygens (including phenoxy) is 3. The summed E-state index contributed by atoms with van der Waals surface area (Å²) in [6.07, 6.45) is -3.40. The molecule has 0 aliphatic rings. The van der Waals surface area contributed by atoms with Crippen molar-refractivity contribution in [1.82, 2.24) is 10.6 Å². The van der Waals surface area contributed by atoms with Crippen LogP contribution in [0.15, 0.2) is 30.3 Å². The van der Waals surface area contributed by atoms with Gasteiger partial charge in [-0.15, -0.1) is 0 Å². The Morgan fingerprint density at radius 1 is 0.941 bits per heavy atom. The Kier molecular flexibility index (Phi) is 12.7. The number of hydrogen-bond acceptors (Lipinski definition) is 9. The number of benzene rings is 1. The van der Waals surface area contributed by atoms with E-state index in [1.807, 2.05) is 6.07 Å². The fourth-order valence-corrected chi connectivity index (χ4v) is 2.81. The van der Waals surface area contributed by atoms with Gasteiger partial charge in [-0.2, -0.15) is 0 Å². The highest BCUT2D eigenvalue weighted by atomic mass is 16.6. The second kappa shape index (κ2) is 15.2. The Bertz CT molecular complexity index is 830. The standard InChI is InChI=1S/C22H30N2O10/c1-3-32-18(27)11-16(21(30)33-4-2)19(20(28)29)24-17(26)10-15(25)12-23-22(31)34-13-14-8-6-5-7-9-14/h5-9,15-16,19,25H,3-4,10-13H2,1-2H3,(H,23,31)(H,24,26)(H,28,29)/t15-,16-,19-/m1/s1. The molecule has 188 valence electrons. The first kappa shape index (κ1) is 28.4.